The van der Waals surface area contributed by atoms with Gasteiger partial charge in [0, 0.05) is 31.7 Å². The van der Waals surface area contributed by atoms with Crippen molar-refractivity contribution < 1.29 is 14.3 Å². The zero-order valence-corrected chi connectivity index (χ0v) is 16.3. The molecule has 150 valence electrons. The number of urea groups is 1. The number of nitrogens with zero attached hydrogens (tertiary/aromatic N) is 1. The summed E-state index contributed by atoms with van der Waals surface area (Å²) in [5, 5.41) is 6.17. The summed E-state index contributed by atoms with van der Waals surface area (Å²) in [5.41, 5.74) is 5.61. The second-order valence-corrected chi connectivity index (χ2v) is 7.61. The molecule has 0 bridgehead atoms. The van der Waals surface area contributed by atoms with Crippen LogP contribution in [0.3, 0.4) is 0 Å². The van der Waals surface area contributed by atoms with Crippen molar-refractivity contribution >= 4 is 24.3 Å². The minimum atomic E-state index is -0.326. The van der Waals surface area contributed by atoms with Gasteiger partial charge in [-0.2, -0.15) is 0 Å². The number of halogens is 1. The summed E-state index contributed by atoms with van der Waals surface area (Å²) in [7, 11) is 0. The lowest BCUT2D eigenvalue weighted by Crippen LogP contribution is -2.52. The number of hydrogen-bond acceptors (Lipinski definition) is 4. The Morgan fingerprint density at radius 2 is 1.54 bits per heavy atom. The van der Waals surface area contributed by atoms with Crippen LogP contribution in [0.1, 0.15) is 57.8 Å². The Labute approximate surface area is 162 Å². The third-order valence-electron chi connectivity index (χ3n) is 5.73. The van der Waals surface area contributed by atoms with Gasteiger partial charge in [0.15, 0.2) is 0 Å². The standard InChI is InChI=1S/C18H32N4O3.ClH/c19-12-15-6-7-16(25-15)17(23)22-10-8-14(9-11-22)21-18(24)20-13-4-2-1-3-5-13;/h13-16H,1-12,19H2,(H2,20,21,24);1H/t15-,16+;/m1./s1. The maximum Gasteiger partial charge on any atom is 0.315 e. The minimum absolute atomic E-state index is 0. The van der Waals surface area contributed by atoms with Gasteiger partial charge in [0.2, 0.25) is 0 Å². The Balaban J connectivity index is 0.00000243. The van der Waals surface area contributed by atoms with Crippen molar-refractivity contribution in [3.8, 4) is 0 Å². The van der Waals surface area contributed by atoms with Crippen molar-refractivity contribution in [2.75, 3.05) is 19.6 Å². The van der Waals surface area contributed by atoms with Gasteiger partial charge in [-0.05, 0) is 38.5 Å². The molecule has 3 aliphatic rings. The highest BCUT2D eigenvalue weighted by Crippen LogP contribution is 2.22. The first-order chi connectivity index (χ1) is 12.2. The quantitative estimate of drug-likeness (QED) is 0.680. The van der Waals surface area contributed by atoms with Crippen LogP contribution in [0, 0.1) is 0 Å². The van der Waals surface area contributed by atoms with Gasteiger partial charge >= 0.3 is 6.03 Å². The molecule has 2 aliphatic heterocycles. The van der Waals surface area contributed by atoms with Crippen LogP contribution >= 0.6 is 12.4 Å². The Morgan fingerprint density at radius 3 is 2.12 bits per heavy atom. The molecule has 0 spiro atoms. The smallest absolute Gasteiger partial charge is 0.315 e. The summed E-state index contributed by atoms with van der Waals surface area (Å²) >= 11 is 0. The van der Waals surface area contributed by atoms with Gasteiger partial charge < -0.3 is 26.0 Å². The number of rotatable bonds is 4. The monoisotopic (exact) mass is 388 g/mol. The van der Waals surface area contributed by atoms with E-state index in [4.69, 9.17) is 10.5 Å². The van der Waals surface area contributed by atoms with Crippen molar-refractivity contribution in [3.05, 3.63) is 0 Å². The fourth-order valence-corrected chi connectivity index (χ4v) is 4.17. The van der Waals surface area contributed by atoms with Gasteiger partial charge in [-0.15, -0.1) is 12.4 Å². The lowest BCUT2D eigenvalue weighted by atomic mass is 9.96. The molecule has 0 unspecified atom stereocenters. The van der Waals surface area contributed by atoms with Gasteiger partial charge in [-0.25, -0.2) is 4.79 Å². The zero-order chi connectivity index (χ0) is 17.6. The molecule has 26 heavy (non-hydrogen) atoms. The molecule has 0 aromatic heterocycles. The molecule has 3 fully saturated rings. The van der Waals surface area contributed by atoms with Crippen molar-refractivity contribution in [2.45, 2.75) is 82.1 Å². The molecule has 2 heterocycles. The number of nitrogens with one attached hydrogen (secondary N) is 2. The maximum atomic E-state index is 12.5. The second kappa shape index (κ2) is 10.3. The highest BCUT2D eigenvalue weighted by atomic mass is 35.5. The number of ether oxygens (including phenoxy) is 1. The van der Waals surface area contributed by atoms with Crippen LogP contribution in [0.15, 0.2) is 0 Å². The van der Waals surface area contributed by atoms with E-state index in [2.05, 4.69) is 10.6 Å². The Hall–Kier alpha value is -1.05. The third kappa shape index (κ3) is 5.72. The summed E-state index contributed by atoms with van der Waals surface area (Å²) in [4.78, 5) is 26.5. The number of nitrogens with two attached hydrogens (primary N) is 1. The normalized spacial score (nSPS) is 27.7. The van der Waals surface area contributed by atoms with Gasteiger partial charge in [0.1, 0.15) is 6.10 Å². The fraction of sp³-hybridized carbons (Fsp3) is 0.889. The molecule has 1 saturated carbocycles. The zero-order valence-electron chi connectivity index (χ0n) is 15.5. The Bertz CT molecular complexity index is 465. The van der Waals surface area contributed by atoms with E-state index in [0.717, 1.165) is 38.5 Å². The predicted molar refractivity (Wildman–Crippen MR) is 102 cm³/mol. The van der Waals surface area contributed by atoms with Gasteiger partial charge in [0.25, 0.3) is 5.91 Å². The molecular formula is C18H33ClN4O3. The number of carbonyl (C=O) groups is 2. The molecule has 1 aliphatic carbocycles. The number of piperidine rings is 1. The van der Waals surface area contributed by atoms with Gasteiger partial charge in [0.05, 0.1) is 6.10 Å². The SMILES string of the molecule is Cl.NC[C@H]1CC[C@@H](C(=O)N2CCC(NC(=O)NC3CCCCC3)CC2)O1. The Morgan fingerprint density at radius 1 is 0.923 bits per heavy atom. The van der Waals surface area contributed by atoms with Crippen molar-refractivity contribution in [1.82, 2.24) is 15.5 Å². The first kappa shape index (κ1) is 21.3. The highest BCUT2D eigenvalue weighted by molar-refractivity contribution is 5.85. The van der Waals surface area contributed by atoms with Crippen LogP contribution in [0.4, 0.5) is 4.79 Å². The minimum Gasteiger partial charge on any atom is -0.364 e. The first-order valence-corrected chi connectivity index (χ1v) is 9.87. The van der Waals surface area contributed by atoms with E-state index in [1.54, 1.807) is 0 Å². The second-order valence-electron chi connectivity index (χ2n) is 7.61. The number of likely N-dealkylation sites (tertiary alicyclic amines) is 1. The molecule has 3 rings (SSSR count). The molecule has 2 saturated heterocycles. The summed E-state index contributed by atoms with van der Waals surface area (Å²) in [6.07, 6.45) is 8.81. The molecule has 7 nitrogen and oxygen atoms in total. The summed E-state index contributed by atoms with van der Waals surface area (Å²) in [5.74, 6) is 0.0843. The van der Waals surface area contributed by atoms with Crippen LogP contribution in [0.5, 0.6) is 0 Å². The van der Waals surface area contributed by atoms with E-state index >= 15 is 0 Å². The molecule has 0 radical (unpaired) electrons. The summed E-state index contributed by atoms with van der Waals surface area (Å²) < 4.78 is 5.71. The van der Waals surface area contributed by atoms with E-state index in [0.29, 0.717) is 25.7 Å². The average Bonchev–Trinajstić information content (AvgIpc) is 3.12. The molecule has 8 heteroatoms. The molecule has 2 atom stereocenters. The van der Waals surface area contributed by atoms with Crippen LogP contribution in [0.2, 0.25) is 0 Å². The largest absolute Gasteiger partial charge is 0.364 e. The van der Waals surface area contributed by atoms with E-state index in [9.17, 15) is 9.59 Å². The number of hydrogen-bond donors (Lipinski definition) is 3. The van der Waals surface area contributed by atoms with Gasteiger partial charge in [-0.3, -0.25) is 4.79 Å². The molecule has 0 aromatic rings. The first-order valence-electron chi connectivity index (χ1n) is 9.87. The van der Waals surface area contributed by atoms with Crippen molar-refractivity contribution in [1.29, 1.82) is 0 Å². The maximum absolute atomic E-state index is 12.5. The van der Waals surface area contributed by atoms with Crippen molar-refractivity contribution in [2.24, 2.45) is 5.73 Å². The molecule has 4 N–H and O–H groups in total. The van der Waals surface area contributed by atoms with Crippen LogP contribution in [-0.2, 0) is 9.53 Å². The number of carbonyl (C=O) groups excluding carboxylic acids is 2. The van der Waals surface area contributed by atoms with Crippen LogP contribution < -0.4 is 16.4 Å². The lowest BCUT2D eigenvalue weighted by molar-refractivity contribution is -0.143. The van der Waals surface area contributed by atoms with Crippen LogP contribution in [0.25, 0.3) is 0 Å². The van der Waals surface area contributed by atoms with E-state index in [1.807, 2.05) is 4.90 Å². The lowest BCUT2D eigenvalue weighted by Gasteiger charge is -2.34. The molecular weight excluding hydrogens is 356 g/mol. The molecule has 0 aromatic carbocycles. The predicted octanol–water partition coefficient (Wildman–Crippen LogP) is 1.54. The van der Waals surface area contributed by atoms with Crippen LogP contribution in [-0.4, -0.2) is 60.8 Å². The summed E-state index contributed by atoms with van der Waals surface area (Å²) in [6, 6.07) is 0.418. The van der Waals surface area contributed by atoms with E-state index in [1.165, 1.54) is 19.3 Å². The highest BCUT2D eigenvalue weighted by Gasteiger charge is 2.34. The third-order valence-corrected chi connectivity index (χ3v) is 5.73. The fourth-order valence-electron chi connectivity index (χ4n) is 4.17. The molecule has 3 amide bonds. The number of amides is 3. The topological polar surface area (TPSA) is 96.7 Å². The Kier molecular flexibility index (Phi) is 8.44. The average molecular weight is 389 g/mol. The van der Waals surface area contributed by atoms with Crippen molar-refractivity contribution in [3.63, 3.8) is 0 Å². The van der Waals surface area contributed by atoms with Gasteiger partial charge in [-0.1, -0.05) is 19.3 Å². The van der Waals surface area contributed by atoms with E-state index in [-0.39, 0.29) is 42.6 Å². The van der Waals surface area contributed by atoms with E-state index < -0.39 is 0 Å². The summed E-state index contributed by atoms with van der Waals surface area (Å²) in [6.45, 7) is 1.84.